The minimum Gasteiger partial charge on any atom is -0.352 e. The lowest BCUT2D eigenvalue weighted by Crippen LogP contribution is -2.31. The number of hydrogen-bond acceptors (Lipinski definition) is 10. The second kappa shape index (κ2) is 18.7. The highest BCUT2D eigenvalue weighted by atomic mass is 16.2. The fraction of sp³-hybridized carbons (Fsp3) is 0.289. The molecule has 4 amide bonds. The average molecular weight is 851 g/mol. The molecule has 0 saturated heterocycles. The van der Waals surface area contributed by atoms with E-state index >= 15 is 0 Å². The summed E-state index contributed by atoms with van der Waals surface area (Å²) in [4.78, 5) is 86.8. The van der Waals surface area contributed by atoms with Gasteiger partial charge in [0.05, 0.1) is 57.2 Å². The summed E-state index contributed by atoms with van der Waals surface area (Å²) in [5, 5.41) is 11.5. The Kier molecular flexibility index (Phi) is 12.5. The number of nitrogens with zero attached hydrogens (tertiary/aromatic N) is 6. The molecule has 63 heavy (non-hydrogen) atoms. The third-order valence-corrected chi connectivity index (χ3v) is 10.5. The van der Waals surface area contributed by atoms with E-state index < -0.39 is 11.8 Å². The SMILES string of the molecule is CN(C)CCCNC(=O)c1ccc2nc(-c3ccc4nc(CNC(=O)CC(=O)NCc5nc6ccc(-c7nc8ccc(C(=O)NCCCN(C)C)cc8[nH]7)cc6[nH]5)[nH]c4c3)[nH]c2c1. The van der Waals surface area contributed by atoms with Crippen molar-refractivity contribution in [2.24, 2.45) is 0 Å². The Labute approximate surface area is 362 Å². The fourth-order valence-electron chi connectivity index (χ4n) is 7.20. The fourth-order valence-corrected chi connectivity index (χ4v) is 7.20. The number of nitrogens with one attached hydrogen (secondary N) is 8. The Morgan fingerprint density at radius 3 is 1.32 bits per heavy atom. The minimum atomic E-state index is -0.453. The summed E-state index contributed by atoms with van der Waals surface area (Å²) < 4.78 is 0. The first-order valence-corrected chi connectivity index (χ1v) is 20.8. The number of carbonyl (C=O) groups excluding carboxylic acids is 4. The smallest absolute Gasteiger partial charge is 0.251 e. The number of rotatable bonds is 18. The summed E-state index contributed by atoms with van der Waals surface area (Å²) in [5.74, 6) is 1.19. The molecule has 0 bridgehead atoms. The molecule has 0 unspecified atom stereocenters. The molecule has 0 saturated carbocycles. The number of carbonyl (C=O) groups is 4. The van der Waals surface area contributed by atoms with Crippen LogP contribution in [0.1, 0.15) is 51.6 Å². The first kappa shape index (κ1) is 42.3. The van der Waals surface area contributed by atoms with Gasteiger partial charge in [0.15, 0.2) is 0 Å². The molecular weight excluding hydrogens is 801 g/mol. The highest BCUT2D eigenvalue weighted by molar-refractivity contribution is 5.99. The molecule has 8 N–H and O–H groups in total. The molecule has 0 radical (unpaired) electrons. The molecule has 0 aliphatic heterocycles. The number of aromatic nitrogens is 8. The Bertz CT molecular complexity index is 2760. The van der Waals surface area contributed by atoms with Crippen LogP contribution in [0.25, 0.3) is 66.9 Å². The Balaban J connectivity index is 0.814. The molecule has 4 heterocycles. The normalized spacial score (nSPS) is 11.7. The van der Waals surface area contributed by atoms with E-state index in [1.54, 1.807) is 24.3 Å². The topological polar surface area (TPSA) is 238 Å². The van der Waals surface area contributed by atoms with Crippen LogP contribution in [-0.2, 0) is 22.7 Å². The monoisotopic (exact) mass is 850 g/mol. The summed E-state index contributed by atoms with van der Waals surface area (Å²) in [7, 11) is 8.01. The maximum absolute atomic E-state index is 12.7. The third kappa shape index (κ3) is 10.4. The number of H-pyrrole nitrogens is 4. The molecule has 0 atom stereocenters. The van der Waals surface area contributed by atoms with E-state index in [-0.39, 0.29) is 31.3 Å². The Morgan fingerprint density at radius 2 is 0.889 bits per heavy atom. The molecular formula is C45H50N14O4. The second-order valence-electron chi connectivity index (χ2n) is 16.0. The highest BCUT2D eigenvalue weighted by Gasteiger charge is 2.16. The van der Waals surface area contributed by atoms with Crippen LogP contribution in [0.3, 0.4) is 0 Å². The van der Waals surface area contributed by atoms with Gasteiger partial charge < -0.3 is 51.0 Å². The number of amides is 4. The van der Waals surface area contributed by atoms with Gasteiger partial charge in [-0.25, -0.2) is 19.9 Å². The quantitative estimate of drug-likeness (QED) is 0.0452. The minimum absolute atomic E-state index is 0.103. The first-order valence-electron chi connectivity index (χ1n) is 20.8. The predicted octanol–water partition coefficient (Wildman–Crippen LogP) is 4.21. The van der Waals surface area contributed by atoms with Crippen molar-refractivity contribution in [1.82, 2.24) is 70.9 Å². The van der Waals surface area contributed by atoms with Gasteiger partial charge in [0.25, 0.3) is 11.8 Å². The van der Waals surface area contributed by atoms with Gasteiger partial charge in [-0.2, -0.15) is 0 Å². The van der Waals surface area contributed by atoms with Crippen LogP contribution in [-0.4, -0.2) is 128 Å². The van der Waals surface area contributed by atoms with Crippen LogP contribution in [0, 0.1) is 0 Å². The highest BCUT2D eigenvalue weighted by Crippen LogP contribution is 2.26. The number of aromatic amines is 4. The van der Waals surface area contributed by atoms with E-state index in [9.17, 15) is 19.2 Å². The summed E-state index contributed by atoms with van der Waals surface area (Å²) in [6.45, 7) is 3.19. The van der Waals surface area contributed by atoms with Gasteiger partial charge in [-0.1, -0.05) is 0 Å². The molecule has 0 aliphatic rings. The largest absolute Gasteiger partial charge is 0.352 e. The van der Waals surface area contributed by atoms with Gasteiger partial charge in [-0.3, -0.25) is 19.2 Å². The van der Waals surface area contributed by atoms with Gasteiger partial charge in [0.1, 0.15) is 29.7 Å². The van der Waals surface area contributed by atoms with Crippen molar-refractivity contribution in [3.63, 3.8) is 0 Å². The standard InChI is InChI=1S/C45H50N14O4/c1-58(2)17-5-15-46-44(62)28-9-13-32-36(21-28)56-42(54-32)26-7-11-30-34(19-26)52-38(50-30)24-48-40(60)23-41(61)49-25-39-51-31-12-8-27(20-35(31)53-39)43-55-33-14-10-29(22-37(33)57-43)45(63)47-16-6-18-59(3)4/h7-14,19-22H,5-6,15-18,23-25H2,1-4H3,(H,46,62)(H,47,63)(H,48,60)(H,49,61)(H,50,52)(H,51,53)(H,54,56)(H,55,57). The van der Waals surface area contributed by atoms with E-state index in [4.69, 9.17) is 9.97 Å². The van der Waals surface area contributed by atoms with Gasteiger partial charge in [-0.15, -0.1) is 0 Å². The Morgan fingerprint density at radius 1 is 0.492 bits per heavy atom. The predicted molar refractivity (Wildman–Crippen MR) is 242 cm³/mol. The summed E-state index contributed by atoms with van der Waals surface area (Å²) in [5.41, 5.74) is 8.67. The molecule has 0 fully saturated rings. The van der Waals surface area contributed by atoms with Crippen molar-refractivity contribution in [2.45, 2.75) is 32.4 Å². The summed E-state index contributed by atoms with van der Waals surface area (Å²) in [6.07, 6.45) is 1.36. The number of benzene rings is 4. The van der Waals surface area contributed by atoms with Gasteiger partial charge in [0, 0.05) is 35.3 Å². The van der Waals surface area contributed by atoms with Crippen LogP contribution in [0.2, 0.25) is 0 Å². The van der Waals surface area contributed by atoms with Crippen LogP contribution in [0.4, 0.5) is 0 Å². The molecule has 324 valence electrons. The molecule has 8 rings (SSSR count). The van der Waals surface area contributed by atoms with Gasteiger partial charge in [-0.05, 0) is 127 Å². The van der Waals surface area contributed by atoms with Crippen molar-refractivity contribution in [3.8, 4) is 22.8 Å². The maximum atomic E-state index is 12.7. The lowest BCUT2D eigenvalue weighted by Gasteiger charge is -2.09. The summed E-state index contributed by atoms with van der Waals surface area (Å²) in [6, 6.07) is 22.2. The number of fused-ring (bicyclic) bond motifs is 4. The van der Waals surface area contributed by atoms with E-state index in [1.807, 2.05) is 76.7 Å². The van der Waals surface area contributed by atoms with Crippen molar-refractivity contribution >= 4 is 67.8 Å². The van der Waals surface area contributed by atoms with Gasteiger partial charge >= 0.3 is 0 Å². The van der Waals surface area contributed by atoms with Crippen LogP contribution >= 0.6 is 0 Å². The van der Waals surface area contributed by atoms with Crippen molar-refractivity contribution in [2.75, 3.05) is 54.4 Å². The zero-order valence-electron chi connectivity index (χ0n) is 35.6. The molecule has 18 nitrogen and oxygen atoms in total. The van der Waals surface area contributed by atoms with Crippen LogP contribution in [0.5, 0.6) is 0 Å². The number of imidazole rings is 4. The average Bonchev–Trinajstić information content (AvgIpc) is 4.08. The zero-order valence-corrected chi connectivity index (χ0v) is 35.6. The first-order chi connectivity index (χ1) is 30.4. The zero-order chi connectivity index (χ0) is 44.0. The van der Waals surface area contributed by atoms with Crippen molar-refractivity contribution < 1.29 is 19.2 Å². The third-order valence-electron chi connectivity index (χ3n) is 10.5. The van der Waals surface area contributed by atoms with E-state index in [1.165, 1.54) is 0 Å². The van der Waals surface area contributed by atoms with Crippen molar-refractivity contribution in [3.05, 3.63) is 95.6 Å². The molecule has 4 aromatic carbocycles. The lowest BCUT2D eigenvalue weighted by atomic mass is 10.2. The molecule has 8 aromatic rings. The van der Waals surface area contributed by atoms with Gasteiger partial charge in [0.2, 0.25) is 11.8 Å². The lowest BCUT2D eigenvalue weighted by molar-refractivity contribution is -0.129. The maximum Gasteiger partial charge on any atom is 0.251 e. The molecule has 0 aliphatic carbocycles. The van der Waals surface area contributed by atoms with Crippen LogP contribution in [0.15, 0.2) is 72.8 Å². The second-order valence-corrected chi connectivity index (χ2v) is 16.0. The van der Waals surface area contributed by atoms with E-state index in [0.29, 0.717) is 58.5 Å². The molecule has 18 heteroatoms. The van der Waals surface area contributed by atoms with Crippen LogP contribution < -0.4 is 21.3 Å². The van der Waals surface area contributed by atoms with Crippen molar-refractivity contribution in [1.29, 1.82) is 0 Å². The number of hydrogen-bond donors (Lipinski definition) is 8. The van der Waals surface area contributed by atoms with E-state index in [2.05, 4.69) is 61.0 Å². The molecule has 0 spiro atoms. The van der Waals surface area contributed by atoms with E-state index in [0.717, 1.165) is 70.2 Å². The molecule has 4 aromatic heterocycles. The Hall–Kier alpha value is -7.44. The summed E-state index contributed by atoms with van der Waals surface area (Å²) >= 11 is 0.